The van der Waals surface area contributed by atoms with Crippen molar-refractivity contribution in [2.75, 3.05) is 39.8 Å². The van der Waals surface area contributed by atoms with E-state index in [1.165, 1.54) is 12.8 Å². The summed E-state index contributed by atoms with van der Waals surface area (Å²) in [5, 5.41) is 0. The van der Waals surface area contributed by atoms with Crippen LogP contribution in [0.25, 0.3) is 0 Å². The van der Waals surface area contributed by atoms with Gasteiger partial charge in [0.1, 0.15) is 12.4 Å². The van der Waals surface area contributed by atoms with Gasteiger partial charge in [0.2, 0.25) is 5.91 Å². The van der Waals surface area contributed by atoms with Crippen molar-refractivity contribution < 1.29 is 9.53 Å². The predicted octanol–water partition coefficient (Wildman–Crippen LogP) is -0.0741. The molecule has 0 aliphatic carbocycles. The Morgan fingerprint density at radius 3 is 2.75 bits per heavy atom. The van der Waals surface area contributed by atoms with Gasteiger partial charge in [-0.3, -0.25) is 9.69 Å². The molecule has 24 heavy (non-hydrogen) atoms. The first-order valence-electron chi connectivity index (χ1n) is 8.91. The fraction of sp³-hybridized carbons (Fsp3) is 0.765. The van der Waals surface area contributed by atoms with E-state index in [0.29, 0.717) is 12.6 Å². The summed E-state index contributed by atoms with van der Waals surface area (Å²) >= 11 is 0. The zero-order valence-electron chi connectivity index (χ0n) is 14.6. The fourth-order valence-corrected chi connectivity index (χ4v) is 4.26. The second-order valence-corrected chi connectivity index (χ2v) is 7.38. The number of piperidine rings is 1. The molecule has 1 amide bonds. The van der Waals surface area contributed by atoms with Gasteiger partial charge >= 0.3 is 0 Å². The maximum atomic E-state index is 12.4. The summed E-state index contributed by atoms with van der Waals surface area (Å²) in [5.41, 5.74) is 0. The molecule has 2 atom stereocenters. The molecule has 3 aliphatic heterocycles. The average molecular weight is 333 g/mol. The van der Waals surface area contributed by atoms with Crippen LogP contribution in [0.2, 0.25) is 0 Å². The molecule has 0 spiro atoms. The van der Waals surface area contributed by atoms with E-state index in [0.717, 1.165) is 32.0 Å². The van der Waals surface area contributed by atoms with E-state index in [2.05, 4.69) is 21.8 Å². The van der Waals surface area contributed by atoms with Crippen molar-refractivity contribution in [2.24, 2.45) is 7.05 Å². The topological polar surface area (TPSA) is 53.8 Å². The van der Waals surface area contributed by atoms with Crippen LogP contribution in [0.1, 0.15) is 18.7 Å². The second kappa shape index (κ2) is 6.46. The first-order valence-corrected chi connectivity index (χ1v) is 8.91. The Morgan fingerprint density at radius 2 is 2.04 bits per heavy atom. The van der Waals surface area contributed by atoms with E-state index in [4.69, 9.17) is 4.74 Å². The highest BCUT2D eigenvalue weighted by atomic mass is 16.5. The summed E-state index contributed by atoms with van der Waals surface area (Å²) < 4.78 is 7.85. The lowest BCUT2D eigenvalue weighted by Gasteiger charge is -2.37. The van der Waals surface area contributed by atoms with Crippen molar-refractivity contribution in [1.29, 1.82) is 0 Å². The average Bonchev–Trinajstić information content (AvgIpc) is 3.17. The Balaban J connectivity index is 1.46. The number of aryl methyl sites for hydroxylation is 1. The van der Waals surface area contributed by atoms with Crippen molar-refractivity contribution in [3.05, 3.63) is 18.2 Å². The molecule has 7 heteroatoms. The Kier molecular flexibility index (Phi) is 4.32. The third-order valence-electron chi connectivity index (χ3n) is 5.84. The number of rotatable bonds is 3. The van der Waals surface area contributed by atoms with Gasteiger partial charge in [-0.1, -0.05) is 0 Å². The smallest absolute Gasteiger partial charge is 0.249 e. The van der Waals surface area contributed by atoms with Crippen LogP contribution in [0, 0.1) is 0 Å². The SMILES string of the molecule is CN1CCC(N2C[C@@H]3OCC(=O)N(Cc4nccn4C)[C@@H]3C2)CC1. The molecule has 4 heterocycles. The van der Waals surface area contributed by atoms with Gasteiger partial charge in [-0.25, -0.2) is 4.98 Å². The predicted molar refractivity (Wildman–Crippen MR) is 89.4 cm³/mol. The number of amides is 1. The van der Waals surface area contributed by atoms with Crippen molar-refractivity contribution in [1.82, 2.24) is 24.3 Å². The van der Waals surface area contributed by atoms with Crippen LogP contribution in [-0.2, 0) is 23.1 Å². The van der Waals surface area contributed by atoms with Gasteiger partial charge in [0.25, 0.3) is 0 Å². The molecule has 0 aromatic carbocycles. The molecule has 0 bridgehead atoms. The van der Waals surface area contributed by atoms with E-state index in [1.807, 2.05) is 22.7 Å². The normalized spacial score (nSPS) is 30.1. The quantitative estimate of drug-likeness (QED) is 0.775. The highest BCUT2D eigenvalue weighted by molar-refractivity contribution is 5.78. The second-order valence-electron chi connectivity index (χ2n) is 7.38. The first-order chi connectivity index (χ1) is 11.6. The third kappa shape index (κ3) is 2.96. The van der Waals surface area contributed by atoms with Crippen molar-refractivity contribution in [3.63, 3.8) is 0 Å². The molecule has 1 aromatic rings. The minimum absolute atomic E-state index is 0.0875. The van der Waals surface area contributed by atoms with Gasteiger partial charge < -0.3 is 19.1 Å². The third-order valence-corrected chi connectivity index (χ3v) is 5.84. The van der Waals surface area contributed by atoms with Crippen molar-refractivity contribution >= 4 is 5.91 Å². The zero-order chi connectivity index (χ0) is 16.7. The maximum absolute atomic E-state index is 12.4. The van der Waals surface area contributed by atoms with Crippen LogP contribution >= 0.6 is 0 Å². The molecule has 0 saturated carbocycles. The number of imidazole rings is 1. The Labute approximate surface area is 143 Å². The molecule has 132 valence electrons. The number of nitrogens with zero attached hydrogens (tertiary/aromatic N) is 5. The minimum Gasteiger partial charge on any atom is -0.365 e. The molecule has 7 nitrogen and oxygen atoms in total. The molecule has 0 unspecified atom stereocenters. The van der Waals surface area contributed by atoms with Gasteiger partial charge in [-0.05, 0) is 33.0 Å². The number of carbonyl (C=O) groups is 1. The molecule has 3 aliphatic rings. The summed E-state index contributed by atoms with van der Waals surface area (Å²) in [5.74, 6) is 1.02. The van der Waals surface area contributed by atoms with Crippen LogP contribution in [-0.4, -0.2) is 88.2 Å². The van der Waals surface area contributed by atoms with Gasteiger partial charge in [-0.15, -0.1) is 0 Å². The Hall–Kier alpha value is -1.44. The van der Waals surface area contributed by atoms with Gasteiger partial charge in [0.15, 0.2) is 0 Å². The molecule has 3 fully saturated rings. The van der Waals surface area contributed by atoms with Crippen LogP contribution in [0.3, 0.4) is 0 Å². The lowest BCUT2D eigenvalue weighted by molar-refractivity contribution is -0.154. The fourth-order valence-electron chi connectivity index (χ4n) is 4.26. The standard InChI is InChI=1S/C17H27N5O2/c1-19-6-3-13(4-7-19)21-9-14-15(10-21)24-12-17(23)22(14)11-16-18-5-8-20(16)2/h5,8,13-15H,3-4,6-7,9-12H2,1-2H3/t14-,15+/m1/s1. The largest absolute Gasteiger partial charge is 0.365 e. The van der Waals surface area contributed by atoms with Crippen LogP contribution in [0.15, 0.2) is 12.4 Å². The number of morpholine rings is 1. The maximum Gasteiger partial charge on any atom is 0.249 e. The summed E-state index contributed by atoms with van der Waals surface area (Å²) in [4.78, 5) is 23.8. The van der Waals surface area contributed by atoms with Gasteiger partial charge in [0, 0.05) is 38.6 Å². The number of hydrogen-bond acceptors (Lipinski definition) is 5. The van der Waals surface area contributed by atoms with Gasteiger partial charge in [0.05, 0.1) is 18.7 Å². The lowest BCUT2D eigenvalue weighted by Crippen LogP contribution is -2.53. The van der Waals surface area contributed by atoms with Crippen LogP contribution in [0.4, 0.5) is 0 Å². The Bertz CT molecular complexity index is 596. The number of carbonyl (C=O) groups excluding carboxylic acids is 1. The summed E-state index contributed by atoms with van der Waals surface area (Å²) in [7, 11) is 4.17. The van der Waals surface area contributed by atoms with E-state index in [-0.39, 0.29) is 24.7 Å². The molecule has 0 N–H and O–H groups in total. The highest BCUT2D eigenvalue weighted by Crippen LogP contribution is 2.28. The van der Waals surface area contributed by atoms with E-state index < -0.39 is 0 Å². The summed E-state index contributed by atoms with van der Waals surface area (Å²) in [6.45, 7) is 4.97. The number of aromatic nitrogens is 2. The molecule has 1 aromatic heterocycles. The first kappa shape index (κ1) is 16.1. The van der Waals surface area contributed by atoms with Crippen LogP contribution < -0.4 is 0 Å². The molecule has 4 rings (SSSR count). The molecule has 3 saturated heterocycles. The van der Waals surface area contributed by atoms with Crippen molar-refractivity contribution in [2.45, 2.75) is 37.6 Å². The lowest BCUT2D eigenvalue weighted by atomic mass is 10.0. The van der Waals surface area contributed by atoms with Gasteiger partial charge in [-0.2, -0.15) is 0 Å². The van der Waals surface area contributed by atoms with Crippen molar-refractivity contribution in [3.8, 4) is 0 Å². The van der Waals surface area contributed by atoms with E-state index >= 15 is 0 Å². The summed E-state index contributed by atoms with van der Waals surface area (Å²) in [6.07, 6.45) is 6.28. The summed E-state index contributed by atoms with van der Waals surface area (Å²) in [6, 6.07) is 0.781. The highest BCUT2D eigenvalue weighted by Gasteiger charge is 2.45. The Morgan fingerprint density at radius 1 is 1.25 bits per heavy atom. The van der Waals surface area contributed by atoms with E-state index in [1.54, 1.807) is 6.20 Å². The number of hydrogen-bond donors (Lipinski definition) is 0. The van der Waals surface area contributed by atoms with Crippen LogP contribution in [0.5, 0.6) is 0 Å². The minimum atomic E-state index is 0.0875. The zero-order valence-corrected chi connectivity index (χ0v) is 14.6. The number of fused-ring (bicyclic) bond motifs is 1. The molecule has 0 radical (unpaired) electrons. The monoisotopic (exact) mass is 333 g/mol. The number of likely N-dealkylation sites (tertiary alicyclic amines) is 2. The molecular weight excluding hydrogens is 306 g/mol. The number of ether oxygens (including phenoxy) is 1. The van der Waals surface area contributed by atoms with E-state index in [9.17, 15) is 4.79 Å². The molecular formula is C17H27N5O2.